The van der Waals surface area contributed by atoms with E-state index in [9.17, 15) is 9.59 Å². The lowest BCUT2D eigenvalue weighted by Crippen LogP contribution is -2.32. The first-order valence-electron chi connectivity index (χ1n) is 10.4. The second-order valence-electron chi connectivity index (χ2n) is 7.61. The highest BCUT2D eigenvalue weighted by molar-refractivity contribution is 5.94. The molecule has 0 radical (unpaired) electrons. The SMILES string of the molecule is CCCN(Cc1cccn1Cc1ccc(C(=O)NC(C)C)o1)C(=O)c1ccccc1. The smallest absolute Gasteiger partial charge is 0.287 e. The summed E-state index contributed by atoms with van der Waals surface area (Å²) in [5.41, 5.74) is 1.70. The van der Waals surface area contributed by atoms with Crippen LogP contribution in [0.5, 0.6) is 0 Å². The third kappa shape index (κ3) is 5.41. The fourth-order valence-electron chi connectivity index (χ4n) is 3.31. The van der Waals surface area contributed by atoms with Crippen LogP contribution in [0, 0.1) is 0 Å². The highest BCUT2D eigenvalue weighted by atomic mass is 16.4. The number of carbonyl (C=O) groups excluding carboxylic acids is 2. The number of hydrogen-bond donors (Lipinski definition) is 1. The second kappa shape index (κ2) is 9.96. The van der Waals surface area contributed by atoms with Crippen molar-refractivity contribution in [1.29, 1.82) is 0 Å². The average molecular weight is 408 g/mol. The van der Waals surface area contributed by atoms with E-state index in [4.69, 9.17) is 4.42 Å². The van der Waals surface area contributed by atoms with Crippen LogP contribution in [0.15, 0.2) is 65.2 Å². The van der Waals surface area contributed by atoms with Gasteiger partial charge in [-0.3, -0.25) is 9.59 Å². The van der Waals surface area contributed by atoms with E-state index in [0.717, 1.165) is 12.1 Å². The van der Waals surface area contributed by atoms with Gasteiger partial charge in [-0.2, -0.15) is 0 Å². The Morgan fingerprint density at radius 2 is 1.83 bits per heavy atom. The molecular formula is C24H29N3O3. The Labute approximate surface area is 177 Å². The number of hydrogen-bond acceptors (Lipinski definition) is 3. The molecule has 3 rings (SSSR count). The lowest BCUT2D eigenvalue weighted by Gasteiger charge is -2.23. The molecule has 0 saturated carbocycles. The van der Waals surface area contributed by atoms with Gasteiger partial charge in [-0.1, -0.05) is 25.1 Å². The summed E-state index contributed by atoms with van der Waals surface area (Å²) < 4.78 is 7.78. The number of rotatable bonds is 9. The number of carbonyl (C=O) groups is 2. The first-order valence-corrected chi connectivity index (χ1v) is 10.4. The third-order valence-corrected chi connectivity index (χ3v) is 4.71. The summed E-state index contributed by atoms with van der Waals surface area (Å²) in [6.45, 7) is 7.57. The van der Waals surface area contributed by atoms with Crippen molar-refractivity contribution >= 4 is 11.8 Å². The van der Waals surface area contributed by atoms with E-state index in [1.54, 1.807) is 6.07 Å². The molecule has 0 atom stereocenters. The van der Waals surface area contributed by atoms with Crippen molar-refractivity contribution in [2.75, 3.05) is 6.54 Å². The van der Waals surface area contributed by atoms with Gasteiger partial charge in [0.25, 0.3) is 11.8 Å². The molecule has 2 heterocycles. The standard InChI is InChI=1S/C24H29N3O3/c1-4-14-27(24(29)19-9-6-5-7-10-19)16-20-11-8-15-26(20)17-21-12-13-22(30-21)23(28)25-18(2)3/h5-13,15,18H,4,14,16-17H2,1-3H3,(H,25,28). The van der Waals surface area contributed by atoms with Gasteiger partial charge in [-0.15, -0.1) is 0 Å². The molecule has 158 valence electrons. The van der Waals surface area contributed by atoms with Gasteiger partial charge in [0.2, 0.25) is 0 Å². The zero-order chi connectivity index (χ0) is 21.5. The van der Waals surface area contributed by atoms with E-state index in [2.05, 4.69) is 12.2 Å². The summed E-state index contributed by atoms with van der Waals surface area (Å²) in [6.07, 6.45) is 2.84. The average Bonchev–Trinajstić information content (AvgIpc) is 3.37. The van der Waals surface area contributed by atoms with Crippen molar-refractivity contribution in [1.82, 2.24) is 14.8 Å². The summed E-state index contributed by atoms with van der Waals surface area (Å²) in [5.74, 6) is 0.805. The summed E-state index contributed by atoms with van der Waals surface area (Å²) in [5, 5.41) is 2.83. The minimum Gasteiger partial charge on any atom is -0.454 e. The van der Waals surface area contributed by atoms with Crippen LogP contribution in [-0.4, -0.2) is 33.9 Å². The molecule has 1 N–H and O–H groups in total. The molecule has 6 nitrogen and oxygen atoms in total. The zero-order valence-electron chi connectivity index (χ0n) is 17.8. The third-order valence-electron chi connectivity index (χ3n) is 4.71. The summed E-state index contributed by atoms with van der Waals surface area (Å²) in [6, 6.07) is 16.9. The summed E-state index contributed by atoms with van der Waals surface area (Å²) >= 11 is 0. The maximum atomic E-state index is 13.0. The second-order valence-corrected chi connectivity index (χ2v) is 7.61. The Balaban J connectivity index is 1.72. The Morgan fingerprint density at radius 3 is 2.53 bits per heavy atom. The highest BCUT2D eigenvalue weighted by Gasteiger charge is 2.18. The van der Waals surface area contributed by atoms with Gasteiger partial charge in [0, 0.05) is 30.0 Å². The molecule has 0 aliphatic rings. The van der Waals surface area contributed by atoms with Gasteiger partial charge in [0.05, 0.1) is 13.1 Å². The first kappa shape index (κ1) is 21.4. The number of nitrogens with zero attached hydrogens (tertiary/aromatic N) is 2. The van der Waals surface area contributed by atoms with Crippen LogP contribution in [0.25, 0.3) is 0 Å². The van der Waals surface area contributed by atoms with Gasteiger partial charge in [0.15, 0.2) is 5.76 Å². The van der Waals surface area contributed by atoms with Crippen molar-refractivity contribution in [3.05, 3.63) is 83.6 Å². The van der Waals surface area contributed by atoms with Crippen LogP contribution in [0.3, 0.4) is 0 Å². The fraction of sp³-hybridized carbons (Fsp3) is 0.333. The molecule has 2 amide bonds. The van der Waals surface area contributed by atoms with E-state index in [0.29, 0.717) is 36.7 Å². The molecule has 0 aliphatic heterocycles. The monoisotopic (exact) mass is 407 g/mol. The molecular weight excluding hydrogens is 378 g/mol. The first-order chi connectivity index (χ1) is 14.5. The molecule has 6 heteroatoms. The number of nitrogens with one attached hydrogen (secondary N) is 1. The van der Waals surface area contributed by atoms with E-state index < -0.39 is 0 Å². The van der Waals surface area contributed by atoms with Crippen molar-refractivity contribution in [2.45, 2.75) is 46.3 Å². The fourth-order valence-corrected chi connectivity index (χ4v) is 3.31. The van der Waals surface area contributed by atoms with E-state index in [1.807, 2.05) is 78.0 Å². The molecule has 2 aromatic heterocycles. The Kier molecular flexibility index (Phi) is 7.12. The molecule has 3 aromatic rings. The van der Waals surface area contributed by atoms with Crippen LogP contribution in [0.2, 0.25) is 0 Å². The summed E-state index contributed by atoms with van der Waals surface area (Å²) in [4.78, 5) is 26.9. The largest absolute Gasteiger partial charge is 0.454 e. The maximum absolute atomic E-state index is 13.0. The van der Waals surface area contributed by atoms with Gasteiger partial charge in [-0.05, 0) is 56.7 Å². The number of furan rings is 1. The van der Waals surface area contributed by atoms with Crippen LogP contribution < -0.4 is 5.32 Å². The molecule has 0 saturated heterocycles. The predicted octanol–water partition coefficient (Wildman–Crippen LogP) is 4.32. The van der Waals surface area contributed by atoms with Crippen molar-refractivity contribution in [3.8, 4) is 0 Å². The molecule has 0 unspecified atom stereocenters. The van der Waals surface area contributed by atoms with Crippen molar-refractivity contribution in [2.24, 2.45) is 0 Å². The van der Waals surface area contributed by atoms with Gasteiger partial charge in [-0.25, -0.2) is 0 Å². The Hall–Kier alpha value is -3.28. The zero-order valence-corrected chi connectivity index (χ0v) is 17.8. The quantitative estimate of drug-likeness (QED) is 0.574. The van der Waals surface area contributed by atoms with Gasteiger partial charge < -0.3 is 19.2 Å². The summed E-state index contributed by atoms with van der Waals surface area (Å²) in [7, 11) is 0. The molecule has 0 bridgehead atoms. The molecule has 0 spiro atoms. The molecule has 0 fully saturated rings. The van der Waals surface area contributed by atoms with Crippen molar-refractivity contribution in [3.63, 3.8) is 0 Å². The molecule has 0 aliphatic carbocycles. The van der Waals surface area contributed by atoms with Crippen LogP contribution in [0.4, 0.5) is 0 Å². The van der Waals surface area contributed by atoms with Gasteiger partial charge >= 0.3 is 0 Å². The minimum atomic E-state index is -0.216. The van der Waals surface area contributed by atoms with Crippen LogP contribution >= 0.6 is 0 Å². The van der Waals surface area contributed by atoms with Crippen LogP contribution in [0.1, 0.15) is 59.6 Å². The van der Waals surface area contributed by atoms with E-state index in [1.165, 1.54) is 0 Å². The molecule has 30 heavy (non-hydrogen) atoms. The van der Waals surface area contributed by atoms with Crippen molar-refractivity contribution < 1.29 is 14.0 Å². The number of aromatic nitrogens is 1. The Morgan fingerprint density at radius 1 is 1.07 bits per heavy atom. The van der Waals surface area contributed by atoms with Gasteiger partial charge in [0.1, 0.15) is 5.76 Å². The highest BCUT2D eigenvalue weighted by Crippen LogP contribution is 2.15. The molecule has 1 aromatic carbocycles. The van der Waals surface area contributed by atoms with Crippen LogP contribution in [-0.2, 0) is 13.1 Å². The number of amides is 2. The normalized spacial score (nSPS) is 10.9. The lowest BCUT2D eigenvalue weighted by molar-refractivity contribution is 0.0739. The maximum Gasteiger partial charge on any atom is 0.287 e. The minimum absolute atomic E-state index is 0.0239. The Bertz CT molecular complexity index is 973. The predicted molar refractivity (Wildman–Crippen MR) is 116 cm³/mol. The topological polar surface area (TPSA) is 67.5 Å². The van der Waals surface area contributed by atoms with E-state index >= 15 is 0 Å². The number of benzene rings is 1. The lowest BCUT2D eigenvalue weighted by atomic mass is 10.2. The van der Waals surface area contributed by atoms with E-state index in [-0.39, 0.29) is 17.9 Å².